The van der Waals surface area contributed by atoms with Gasteiger partial charge in [-0.25, -0.2) is 0 Å². The Morgan fingerprint density at radius 2 is 0.500 bits per heavy atom. The molecule has 0 amide bonds. The predicted molar refractivity (Wildman–Crippen MR) is 262 cm³/mol. The quantitative estimate of drug-likeness (QED) is 0.152. The highest BCUT2D eigenvalue weighted by atomic mass is 15.0. The van der Waals surface area contributed by atoms with Crippen molar-refractivity contribution >= 4 is 43.6 Å². The first-order valence-corrected chi connectivity index (χ1v) is 21.3. The molecule has 0 saturated heterocycles. The maximum atomic E-state index is 2.41. The Hall–Kier alpha value is -8.20. The van der Waals surface area contributed by atoms with E-state index in [0.29, 0.717) is 0 Å². The van der Waals surface area contributed by atoms with Crippen LogP contribution in [0.25, 0.3) is 111 Å². The van der Waals surface area contributed by atoms with E-state index < -0.39 is 0 Å². The van der Waals surface area contributed by atoms with Crippen molar-refractivity contribution in [3.05, 3.63) is 243 Å². The van der Waals surface area contributed by atoms with Crippen molar-refractivity contribution in [1.82, 2.24) is 9.13 Å². The van der Waals surface area contributed by atoms with Crippen molar-refractivity contribution in [1.29, 1.82) is 0 Å². The van der Waals surface area contributed by atoms with Gasteiger partial charge in [0.2, 0.25) is 0 Å². The van der Waals surface area contributed by atoms with E-state index in [-0.39, 0.29) is 0 Å². The van der Waals surface area contributed by atoms with Gasteiger partial charge in [-0.3, -0.25) is 0 Å². The van der Waals surface area contributed by atoms with E-state index in [2.05, 4.69) is 252 Å². The number of hydrogen-bond acceptors (Lipinski definition) is 0. The molecule has 0 N–H and O–H groups in total. The standard InChI is InChI=1S/C60H40N2/c1-3-13-41(14-4-1)42-23-25-43(26-24-42)44-27-33-49(34-28-44)61-57-21-11-9-19-53(57)55-39-47(31-37-59(55)61)48-32-38-60-56(40-48)54-20-10-12-22-58(54)62(60)50-35-29-46(30-36-50)52-18-8-7-17-51(52)45-15-5-2-6-16-45/h1-40H. The van der Waals surface area contributed by atoms with Gasteiger partial charge in [-0.05, 0) is 116 Å². The lowest BCUT2D eigenvalue weighted by Gasteiger charge is -2.12. The van der Waals surface area contributed by atoms with Crippen molar-refractivity contribution in [3.8, 4) is 67.0 Å². The molecule has 0 fully saturated rings. The summed E-state index contributed by atoms with van der Waals surface area (Å²) in [5.41, 5.74) is 19.3. The van der Waals surface area contributed by atoms with Crippen molar-refractivity contribution < 1.29 is 0 Å². The maximum absolute atomic E-state index is 2.41. The fraction of sp³-hybridized carbons (Fsp3) is 0. The molecule has 12 rings (SSSR count). The zero-order valence-electron chi connectivity index (χ0n) is 34.0. The highest BCUT2D eigenvalue weighted by molar-refractivity contribution is 6.12. The van der Waals surface area contributed by atoms with Crippen LogP contribution in [0.3, 0.4) is 0 Å². The summed E-state index contributed by atoms with van der Waals surface area (Å²) in [5.74, 6) is 0. The van der Waals surface area contributed by atoms with E-state index in [1.165, 1.54) is 99.2 Å². The summed E-state index contributed by atoms with van der Waals surface area (Å²) in [6.45, 7) is 0. The number of nitrogens with zero attached hydrogens (tertiary/aromatic N) is 2. The summed E-state index contributed by atoms with van der Waals surface area (Å²) in [6, 6.07) is 88.3. The van der Waals surface area contributed by atoms with Crippen LogP contribution in [0.2, 0.25) is 0 Å². The highest BCUT2D eigenvalue weighted by Crippen LogP contribution is 2.39. The molecular formula is C60H40N2. The summed E-state index contributed by atoms with van der Waals surface area (Å²) in [6.07, 6.45) is 0. The monoisotopic (exact) mass is 788 g/mol. The van der Waals surface area contributed by atoms with Crippen LogP contribution in [0.4, 0.5) is 0 Å². The molecule has 0 atom stereocenters. The molecule has 2 heterocycles. The van der Waals surface area contributed by atoms with Gasteiger partial charge < -0.3 is 9.13 Å². The van der Waals surface area contributed by atoms with Crippen molar-refractivity contribution in [3.63, 3.8) is 0 Å². The largest absolute Gasteiger partial charge is 0.309 e. The number of para-hydroxylation sites is 2. The molecular weight excluding hydrogens is 749 g/mol. The van der Waals surface area contributed by atoms with Gasteiger partial charge in [-0.2, -0.15) is 0 Å². The molecule has 10 aromatic carbocycles. The number of benzene rings is 10. The van der Waals surface area contributed by atoms with Crippen molar-refractivity contribution in [2.45, 2.75) is 0 Å². The smallest absolute Gasteiger partial charge is 0.0541 e. The third-order valence-electron chi connectivity index (χ3n) is 12.6. The molecule has 0 aliphatic rings. The summed E-state index contributed by atoms with van der Waals surface area (Å²) in [4.78, 5) is 0. The summed E-state index contributed by atoms with van der Waals surface area (Å²) in [5, 5.41) is 4.98. The molecule has 0 spiro atoms. The third kappa shape index (κ3) is 6.04. The van der Waals surface area contributed by atoms with Gasteiger partial charge in [0.15, 0.2) is 0 Å². The average Bonchev–Trinajstić information content (AvgIpc) is 3.87. The lowest BCUT2D eigenvalue weighted by atomic mass is 9.94. The van der Waals surface area contributed by atoms with Gasteiger partial charge in [0.1, 0.15) is 0 Å². The van der Waals surface area contributed by atoms with Crippen LogP contribution in [0.15, 0.2) is 243 Å². The molecule has 290 valence electrons. The second kappa shape index (κ2) is 14.8. The molecule has 2 heteroatoms. The Morgan fingerprint density at radius 3 is 0.968 bits per heavy atom. The predicted octanol–water partition coefficient (Wildman–Crippen LogP) is 16.2. The van der Waals surface area contributed by atoms with E-state index in [1.54, 1.807) is 0 Å². The van der Waals surface area contributed by atoms with Crippen LogP contribution in [0.1, 0.15) is 0 Å². The van der Waals surface area contributed by atoms with Crippen molar-refractivity contribution in [2.75, 3.05) is 0 Å². The topological polar surface area (TPSA) is 9.86 Å². The minimum atomic E-state index is 1.15. The Kier molecular flexibility index (Phi) is 8.53. The fourth-order valence-corrected chi connectivity index (χ4v) is 9.54. The van der Waals surface area contributed by atoms with Crippen LogP contribution in [0.5, 0.6) is 0 Å². The van der Waals surface area contributed by atoms with E-state index in [9.17, 15) is 0 Å². The van der Waals surface area contributed by atoms with Crippen LogP contribution in [-0.4, -0.2) is 9.13 Å². The van der Waals surface area contributed by atoms with Crippen LogP contribution < -0.4 is 0 Å². The Bertz CT molecular complexity index is 3580. The lowest BCUT2D eigenvalue weighted by molar-refractivity contribution is 1.18. The Morgan fingerprint density at radius 1 is 0.194 bits per heavy atom. The van der Waals surface area contributed by atoms with Gasteiger partial charge in [-0.15, -0.1) is 0 Å². The molecule has 0 unspecified atom stereocenters. The summed E-state index contributed by atoms with van der Waals surface area (Å²) in [7, 11) is 0. The zero-order chi connectivity index (χ0) is 41.0. The minimum absolute atomic E-state index is 1.15. The summed E-state index contributed by atoms with van der Waals surface area (Å²) >= 11 is 0. The van der Waals surface area contributed by atoms with Crippen LogP contribution >= 0.6 is 0 Å². The molecule has 62 heavy (non-hydrogen) atoms. The molecule has 0 radical (unpaired) electrons. The maximum Gasteiger partial charge on any atom is 0.0541 e. The molecule has 2 nitrogen and oxygen atoms in total. The molecule has 2 aromatic heterocycles. The second-order valence-corrected chi connectivity index (χ2v) is 16.1. The lowest BCUT2D eigenvalue weighted by Crippen LogP contribution is -1.94. The Balaban J connectivity index is 0.898. The number of fused-ring (bicyclic) bond motifs is 6. The first kappa shape index (κ1) is 35.7. The molecule has 0 aliphatic carbocycles. The third-order valence-corrected chi connectivity index (χ3v) is 12.6. The van der Waals surface area contributed by atoms with E-state index >= 15 is 0 Å². The van der Waals surface area contributed by atoms with E-state index in [1.807, 2.05) is 0 Å². The van der Waals surface area contributed by atoms with E-state index in [0.717, 1.165) is 11.4 Å². The van der Waals surface area contributed by atoms with Gasteiger partial charge in [0.25, 0.3) is 0 Å². The number of rotatable bonds is 7. The summed E-state index contributed by atoms with van der Waals surface area (Å²) < 4.78 is 4.81. The van der Waals surface area contributed by atoms with Crippen molar-refractivity contribution in [2.24, 2.45) is 0 Å². The van der Waals surface area contributed by atoms with Gasteiger partial charge >= 0.3 is 0 Å². The van der Waals surface area contributed by atoms with Gasteiger partial charge in [0.05, 0.1) is 22.1 Å². The minimum Gasteiger partial charge on any atom is -0.309 e. The van der Waals surface area contributed by atoms with Gasteiger partial charge in [0, 0.05) is 32.9 Å². The van der Waals surface area contributed by atoms with Crippen LogP contribution in [0, 0.1) is 0 Å². The molecule has 0 bridgehead atoms. The molecule has 0 saturated carbocycles. The zero-order valence-corrected chi connectivity index (χ0v) is 34.0. The fourth-order valence-electron chi connectivity index (χ4n) is 9.54. The Labute approximate surface area is 360 Å². The first-order chi connectivity index (χ1) is 30.7. The first-order valence-electron chi connectivity index (χ1n) is 21.3. The second-order valence-electron chi connectivity index (χ2n) is 16.1. The van der Waals surface area contributed by atoms with E-state index in [4.69, 9.17) is 0 Å². The number of hydrogen-bond donors (Lipinski definition) is 0. The normalized spacial score (nSPS) is 11.5. The number of aromatic nitrogens is 2. The highest BCUT2D eigenvalue weighted by Gasteiger charge is 2.17. The van der Waals surface area contributed by atoms with Gasteiger partial charge in [-0.1, -0.05) is 182 Å². The molecule has 12 aromatic rings. The molecule has 0 aliphatic heterocycles. The SMILES string of the molecule is c1ccc(-c2ccc(-c3ccc(-n4c5ccccc5c5cc(-c6ccc7c(c6)c6ccccc6n7-c6ccc(-c7ccccc7-c7ccccc7)cc6)ccc54)cc3)cc2)cc1. The van der Waals surface area contributed by atoms with Crippen LogP contribution in [-0.2, 0) is 0 Å². The average molecular weight is 789 g/mol.